The number of esters is 1. The molecular formula is C57H88Cl2N10O6. The number of nitrogens with zero attached hydrogens (tertiary/aromatic N) is 8. The summed E-state index contributed by atoms with van der Waals surface area (Å²) in [5.41, 5.74) is 9.18. The number of hydrogen-bond acceptors (Lipinski definition) is 15. The molecule has 3 N–H and O–H groups in total. The minimum Gasteiger partial charge on any atom is -0.480 e. The second kappa shape index (κ2) is 34.2. The fourth-order valence-electron chi connectivity index (χ4n) is 9.03. The van der Waals surface area contributed by atoms with Crippen LogP contribution in [0.15, 0.2) is 49.1 Å². The molecule has 4 aromatic rings. The molecule has 6 rings (SSSR count). The van der Waals surface area contributed by atoms with Crippen LogP contribution in [0, 0.1) is 13.8 Å². The summed E-state index contributed by atoms with van der Waals surface area (Å²) in [6.07, 6.45) is 23.9. The van der Waals surface area contributed by atoms with E-state index < -0.39 is 23.7 Å². The number of aliphatic carboxylic acids is 1. The minimum absolute atomic E-state index is 0.0824. The first-order chi connectivity index (χ1) is 36.0. The van der Waals surface area contributed by atoms with Crippen LogP contribution in [0.5, 0.6) is 0 Å². The van der Waals surface area contributed by atoms with Crippen LogP contribution in [0.1, 0.15) is 144 Å². The normalized spacial score (nSPS) is 14.7. The molecule has 4 atom stereocenters. The molecule has 0 saturated carbocycles. The Morgan fingerprint density at radius 1 is 0.640 bits per heavy atom. The van der Waals surface area contributed by atoms with Crippen molar-refractivity contribution < 1.29 is 28.9 Å². The maximum atomic E-state index is 13.0. The zero-order chi connectivity index (χ0) is 54.6. The number of fused-ring (bicyclic) bond motifs is 2. The van der Waals surface area contributed by atoms with Crippen LogP contribution in [0.2, 0.25) is 0 Å². The molecule has 0 aliphatic heterocycles. The number of nitrogens with one attached hydrogen (secondary N) is 2. The smallest absolute Gasteiger partial charge is 0.329 e. The number of alkyl halides is 2. The molecule has 18 heteroatoms. The quantitative estimate of drug-likeness (QED) is 0.0276. The van der Waals surface area contributed by atoms with Gasteiger partial charge in [0.15, 0.2) is 0 Å². The van der Waals surface area contributed by atoms with Crippen molar-refractivity contribution >= 4 is 47.0 Å². The predicted molar refractivity (Wildman–Crippen MR) is 301 cm³/mol. The van der Waals surface area contributed by atoms with E-state index in [1.807, 2.05) is 41.5 Å². The Labute approximate surface area is 458 Å². The van der Waals surface area contributed by atoms with Crippen LogP contribution in [0.25, 0.3) is 0 Å². The number of carboxylic acids is 1. The number of carbonyl (C=O) groups excluding carboxylic acids is 1. The predicted octanol–water partition coefficient (Wildman–Crippen LogP) is 10.0. The van der Waals surface area contributed by atoms with Crippen LogP contribution < -0.4 is 10.6 Å². The Morgan fingerprint density at radius 2 is 1.04 bits per heavy atom. The fourth-order valence-corrected chi connectivity index (χ4v) is 9.03. The van der Waals surface area contributed by atoms with Crippen LogP contribution in [-0.4, -0.2) is 145 Å². The van der Waals surface area contributed by atoms with Crippen LogP contribution in [-0.2, 0) is 62.3 Å². The average molecular weight is 1080 g/mol. The van der Waals surface area contributed by atoms with Gasteiger partial charge in [-0.15, -0.1) is 23.2 Å². The van der Waals surface area contributed by atoms with Gasteiger partial charge in [-0.2, -0.15) is 0 Å². The van der Waals surface area contributed by atoms with E-state index in [9.17, 15) is 14.7 Å². The van der Waals surface area contributed by atoms with Crippen molar-refractivity contribution in [3.63, 3.8) is 0 Å². The highest BCUT2D eigenvalue weighted by molar-refractivity contribution is 6.40. The van der Waals surface area contributed by atoms with Gasteiger partial charge in [-0.1, -0.05) is 12.1 Å². The van der Waals surface area contributed by atoms with Crippen molar-refractivity contribution in [2.45, 2.75) is 181 Å². The molecule has 0 aromatic carbocycles. The summed E-state index contributed by atoms with van der Waals surface area (Å²) < 4.78 is 16.7. The summed E-state index contributed by atoms with van der Waals surface area (Å²) in [5, 5.41) is 16.0. The Bertz CT molecular complexity index is 2250. The molecule has 0 bridgehead atoms. The molecule has 4 heterocycles. The van der Waals surface area contributed by atoms with E-state index in [4.69, 9.17) is 47.4 Å². The SMILES string of the molecule is CO[C@H](C)CN(CCCCc1ccc2c(n1)CCCC2)CC[C@H](Nc1ncc(C)cn1)C(=O)O.CO[C@H](C)CN(CCCCc1ccc2c(n1)CCCC2)CC[C@H](Nc1ncc(C)cn1)C(=O)OC(C)(C)C.ClCCl. The lowest BCUT2D eigenvalue weighted by Gasteiger charge is -2.28. The number of pyridine rings is 2. The standard InChI is InChI=1S/C30H47N5O3.C26H39N5O3.CH2Cl2/c1-22-19-31-29(32-20-22)34-27(28(36)38-30(3,4)5)16-18-35(21-23(2)37-6)17-10-9-12-25-15-14-24-11-7-8-13-26(24)33-25;1-19-16-27-26(28-17-19)30-24(25(32)33)13-15-31(18-20(2)34-3)14-7-6-9-22-12-11-21-8-4-5-10-23(21)29-22;2-1-3/h14-15,19-20,23,27H,7-13,16-18,21H2,1-6H3,(H,31,32,34);11-12,16-17,20,24H,4-10,13-15,18H2,1-3H3,(H,32,33)(H,27,28,30);1H2/t23-,27+;20-,24+;/m11./s1. The topological polar surface area (TPSA) is 190 Å². The van der Waals surface area contributed by atoms with Gasteiger partial charge in [0.05, 0.1) is 17.5 Å². The van der Waals surface area contributed by atoms with Crippen molar-refractivity contribution in [2.24, 2.45) is 0 Å². The number of carbonyl (C=O) groups is 2. The van der Waals surface area contributed by atoms with Gasteiger partial charge in [0.2, 0.25) is 11.9 Å². The van der Waals surface area contributed by atoms with Crippen LogP contribution in [0.4, 0.5) is 11.9 Å². The number of ether oxygens (including phenoxy) is 3. The lowest BCUT2D eigenvalue weighted by molar-refractivity contribution is -0.156. The maximum Gasteiger partial charge on any atom is 0.329 e. The van der Waals surface area contributed by atoms with Gasteiger partial charge in [-0.05, 0) is 199 Å². The van der Waals surface area contributed by atoms with Crippen LogP contribution >= 0.6 is 23.2 Å². The van der Waals surface area contributed by atoms with Crippen molar-refractivity contribution in [1.29, 1.82) is 0 Å². The third kappa shape index (κ3) is 25.0. The van der Waals surface area contributed by atoms with Crippen molar-refractivity contribution in [3.8, 4) is 0 Å². The summed E-state index contributed by atoms with van der Waals surface area (Å²) >= 11 is 9.53. The summed E-state index contributed by atoms with van der Waals surface area (Å²) in [7, 11) is 3.45. The lowest BCUT2D eigenvalue weighted by Crippen LogP contribution is -2.41. The second-order valence-electron chi connectivity index (χ2n) is 21.0. The van der Waals surface area contributed by atoms with E-state index in [1.165, 1.54) is 66.0 Å². The third-order valence-corrected chi connectivity index (χ3v) is 13.2. The molecule has 0 radical (unpaired) electrons. The Balaban J connectivity index is 0.000000310. The number of aryl methyl sites for hydroxylation is 8. The lowest BCUT2D eigenvalue weighted by atomic mass is 9.95. The molecule has 0 spiro atoms. The number of aromatic nitrogens is 6. The first-order valence-electron chi connectivity index (χ1n) is 27.1. The summed E-state index contributed by atoms with van der Waals surface area (Å²) in [5.74, 6) is -0.421. The zero-order valence-electron chi connectivity index (χ0n) is 46.5. The average Bonchev–Trinajstić information content (AvgIpc) is 3.39. The molecule has 0 saturated heterocycles. The van der Waals surface area contributed by atoms with E-state index in [0.29, 0.717) is 31.3 Å². The van der Waals surface area contributed by atoms with Gasteiger partial charge in [0.25, 0.3) is 0 Å². The van der Waals surface area contributed by atoms with Gasteiger partial charge < -0.3 is 39.8 Å². The van der Waals surface area contributed by atoms with E-state index >= 15 is 0 Å². The molecule has 4 aromatic heterocycles. The Morgan fingerprint density at radius 3 is 1.44 bits per heavy atom. The monoisotopic (exact) mass is 1080 g/mol. The van der Waals surface area contributed by atoms with Crippen molar-refractivity contribution in [1.82, 2.24) is 39.7 Å². The number of methoxy groups -OCH3 is 2. The highest BCUT2D eigenvalue weighted by Crippen LogP contribution is 2.22. The second-order valence-corrected chi connectivity index (χ2v) is 21.8. The largest absolute Gasteiger partial charge is 0.480 e. The van der Waals surface area contributed by atoms with Gasteiger partial charge in [-0.25, -0.2) is 29.5 Å². The number of hydrogen-bond donors (Lipinski definition) is 3. The fraction of sp³-hybridized carbons (Fsp3) is 0.649. The summed E-state index contributed by atoms with van der Waals surface area (Å²) in [6, 6.07) is 7.65. The van der Waals surface area contributed by atoms with E-state index in [0.717, 1.165) is 102 Å². The Kier molecular flexibility index (Phi) is 28.7. The number of carboxylic acid groups (broad SMARTS) is 1. The number of halogens is 2. The molecule has 0 unspecified atom stereocenters. The van der Waals surface area contributed by atoms with Gasteiger partial charge in [0.1, 0.15) is 17.7 Å². The molecule has 2 aliphatic rings. The van der Waals surface area contributed by atoms with Crippen LogP contribution in [0.3, 0.4) is 0 Å². The van der Waals surface area contributed by atoms with E-state index in [2.05, 4.69) is 71.6 Å². The summed E-state index contributed by atoms with van der Waals surface area (Å²) in [4.78, 5) is 56.4. The molecular weight excluding hydrogens is 992 g/mol. The maximum absolute atomic E-state index is 13.0. The molecule has 16 nitrogen and oxygen atoms in total. The number of rotatable bonds is 28. The Hall–Kier alpha value is -4.58. The van der Waals surface area contributed by atoms with E-state index in [-0.39, 0.29) is 23.5 Å². The third-order valence-electron chi connectivity index (χ3n) is 13.2. The molecule has 75 heavy (non-hydrogen) atoms. The number of anilines is 2. The molecule has 0 fully saturated rings. The van der Waals surface area contributed by atoms with Crippen molar-refractivity contribution in [3.05, 3.63) is 94.1 Å². The zero-order valence-corrected chi connectivity index (χ0v) is 48.0. The van der Waals surface area contributed by atoms with Crippen molar-refractivity contribution in [2.75, 3.05) is 69.5 Å². The summed E-state index contributed by atoms with van der Waals surface area (Å²) in [6.45, 7) is 18.4. The molecule has 2 aliphatic carbocycles. The first kappa shape index (κ1) is 63.0. The van der Waals surface area contributed by atoms with Gasteiger partial charge in [0, 0.05) is 88.0 Å². The van der Waals surface area contributed by atoms with Gasteiger partial charge >= 0.3 is 11.9 Å². The highest BCUT2D eigenvalue weighted by atomic mass is 35.5. The molecule has 416 valence electrons. The minimum atomic E-state index is -0.901. The number of unbranched alkanes of at least 4 members (excludes halogenated alkanes) is 2. The molecule has 0 amide bonds. The van der Waals surface area contributed by atoms with Gasteiger partial charge in [-0.3, -0.25) is 9.97 Å². The van der Waals surface area contributed by atoms with E-state index in [1.54, 1.807) is 39.0 Å². The highest BCUT2D eigenvalue weighted by Gasteiger charge is 2.27. The first-order valence-corrected chi connectivity index (χ1v) is 28.2.